The molecule has 0 spiro atoms. The third-order valence-electron chi connectivity index (χ3n) is 2.75. The minimum Gasteiger partial charge on any atom is -0.205 e. The number of rotatable bonds is 6. The van der Waals surface area contributed by atoms with Crippen molar-refractivity contribution in [1.29, 1.82) is 0 Å². The van der Waals surface area contributed by atoms with Gasteiger partial charge in [0.2, 0.25) is 0 Å². The standard InChI is InChI=1S/C16H18N3/c1-2-3-11-19-12-9-15(10-13-19)14-17-18-16-7-5-4-6-8-16/h2,4-10,12-13H,1,3,11,14H2/q+1. The van der Waals surface area contributed by atoms with E-state index in [1.807, 2.05) is 36.4 Å². The Morgan fingerprint density at radius 3 is 2.47 bits per heavy atom. The lowest BCUT2D eigenvalue weighted by atomic mass is 10.2. The zero-order valence-corrected chi connectivity index (χ0v) is 10.9. The van der Waals surface area contributed by atoms with Gasteiger partial charge in [0.05, 0.1) is 12.2 Å². The van der Waals surface area contributed by atoms with Crippen molar-refractivity contribution in [2.75, 3.05) is 0 Å². The molecule has 1 heterocycles. The van der Waals surface area contributed by atoms with Crippen molar-refractivity contribution in [3.8, 4) is 0 Å². The molecule has 0 unspecified atom stereocenters. The van der Waals surface area contributed by atoms with Gasteiger partial charge in [-0.05, 0) is 17.7 Å². The molecule has 0 aliphatic carbocycles. The topological polar surface area (TPSA) is 28.6 Å². The summed E-state index contributed by atoms with van der Waals surface area (Å²) in [6.07, 6.45) is 7.04. The monoisotopic (exact) mass is 252 g/mol. The van der Waals surface area contributed by atoms with Crippen LogP contribution in [0.4, 0.5) is 5.69 Å². The van der Waals surface area contributed by atoms with Crippen LogP contribution in [0.3, 0.4) is 0 Å². The number of pyridine rings is 1. The van der Waals surface area contributed by atoms with E-state index < -0.39 is 0 Å². The number of allylic oxidation sites excluding steroid dienone is 1. The van der Waals surface area contributed by atoms with Gasteiger partial charge in [-0.3, -0.25) is 0 Å². The van der Waals surface area contributed by atoms with Crippen LogP contribution in [0.15, 0.2) is 77.7 Å². The lowest BCUT2D eigenvalue weighted by molar-refractivity contribution is -0.696. The highest BCUT2D eigenvalue weighted by molar-refractivity contribution is 5.34. The van der Waals surface area contributed by atoms with Crippen LogP contribution in [0.1, 0.15) is 12.0 Å². The maximum Gasteiger partial charge on any atom is 0.169 e. The molecule has 0 N–H and O–H groups in total. The van der Waals surface area contributed by atoms with Crippen LogP contribution < -0.4 is 4.57 Å². The second-order valence-electron chi connectivity index (χ2n) is 4.26. The van der Waals surface area contributed by atoms with Crippen LogP contribution >= 0.6 is 0 Å². The zero-order valence-electron chi connectivity index (χ0n) is 10.9. The Kier molecular flexibility index (Phi) is 4.99. The summed E-state index contributed by atoms with van der Waals surface area (Å²) in [6.45, 7) is 5.30. The van der Waals surface area contributed by atoms with E-state index in [2.05, 4.69) is 45.9 Å². The molecule has 3 nitrogen and oxygen atoms in total. The van der Waals surface area contributed by atoms with Crippen molar-refractivity contribution < 1.29 is 4.57 Å². The van der Waals surface area contributed by atoms with Crippen LogP contribution in [0, 0.1) is 0 Å². The molecule has 1 aromatic heterocycles. The maximum atomic E-state index is 4.20. The molecule has 0 aliphatic rings. The molecule has 2 aromatic rings. The number of hydrogen-bond acceptors (Lipinski definition) is 2. The van der Waals surface area contributed by atoms with Crippen molar-refractivity contribution in [3.63, 3.8) is 0 Å². The number of azo groups is 1. The first kappa shape index (κ1) is 13.1. The highest BCUT2D eigenvalue weighted by Crippen LogP contribution is 2.11. The summed E-state index contributed by atoms with van der Waals surface area (Å²) in [5, 5.41) is 8.38. The Morgan fingerprint density at radius 1 is 1.05 bits per heavy atom. The van der Waals surface area contributed by atoms with Crippen LogP contribution in [0.2, 0.25) is 0 Å². The van der Waals surface area contributed by atoms with E-state index in [1.54, 1.807) is 0 Å². The van der Waals surface area contributed by atoms with E-state index >= 15 is 0 Å². The molecule has 0 fully saturated rings. The lowest BCUT2D eigenvalue weighted by Gasteiger charge is -1.96. The first-order valence-corrected chi connectivity index (χ1v) is 6.40. The van der Waals surface area contributed by atoms with E-state index in [1.165, 1.54) is 0 Å². The summed E-state index contributed by atoms with van der Waals surface area (Å²) in [4.78, 5) is 0. The summed E-state index contributed by atoms with van der Waals surface area (Å²) in [7, 11) is 0. The van der Waals surface area contributed by atoms with Gasteiger partial charge < -0.3 is 0 Å². The summed E-state index contributed by atoms with van der Waals surface area (Å²) in [5.41, 5.74) is 2.05. The third-order valence-corrected chi connectivity index (χ3v) is 2.75. The van der Waals surface area contributed by atoms with Gasteiger partial charge in [0.25, 0.3) is 0 Å². The Balaban J connectivity index is 1.89. The molecule has 2 rings (SSSR count). The number of hydrogen-bond donors (Lipinski definition) is 0. The fourth-order valence-electron chi connectivity index (χ4n) is 1.68. The molecular weight excluding hydrogens is 234 g/mol. The van der Waals surface area contributed by atoms with Crippen molar-refractivity contribution in [2.45, 2.75) is 19.5 Å². The molecule has 0 aliphatic heterocycles. The lowest BCUT2D eigenvalue weighted by Crippen LogP contribution is -2.32. The van der Waals surface area contributed by atoms with E-state index in [9.17, 15) is 0 Å². The molecule has 0 radical (unpaired) electrons. The van der Waals surface area contributed by atoms with Gasteiger partial charge in [0.15, 0.2) is 18.9 Å². The summed E-state index contributed by atoms with van der Waals surface area (Å²) >= 11 is 0. The minimum atomic E-state index is 0.608. The number of nitrogens with zero attached hydrogens (tertiary/aromatic N) is 3. The Morgan fingerprint density at radius 2 is 1.79 bits per heavy atom. The second-order valence-corrected chi connectivity index (χ2v) is 4.26. The number of aryl methyl sites for hydroxylation is 1. The van der Waals surface area contributed by atoms with E-state index in [-0.39, 0.29) is 0 Å². The molecule has 0 atom stereocenters. The van der Waals surface area contributed by atoms with Crippen molar-refractivity contribution in [1.82, 2.24) is 0 Å². The van der Waals surface area contributed by atoms with E-state index in [0.29, 0.717) is 6.54 Å². The predicted octanol–water partition coefficient (Wildman–Crippen LogP) is 3.83. The second kappa shape index (κ2) is 7.21. The van der Waals surface area contributed by atoms with Crippen LogP contribution in [-0.2, 0) is 13.1 Å². The van der Waals surface area contributed by atoms with Gasteiger partial charge in [-0.2, -0.15) is 10.2 Å². The zero-order chi connectivity index (χ0) is 13.3. The fourth-order valence-corrected chi connectivity index (χ4v) is 1.68. The minimum absolute atomic E-state index is 0.608. The quantitative estimate of drug-likeness (QED) is 0.425. The maximum absolute atomic E-state index is 4.20. The molecule has 0 saturated carbocycles. The summed E-state index contributed by atoms with van der Waals surface area (Å²) in [5.74, 6) is 0. The van der Waals surface area contributed by atoms with Crippen LogP contribution in [-0.4, -0.2) is 0 Å². The summed E-state index contributed by atoms with van der Waals surface area (Å²) < 4.78 is 2.14. The van der Waals surface area contributed by atoms with Crippen molar-refractivity contribution in [2.24, 2.45) is 10.2 Å². The normalized spacial score (nSPS) is 10.7. The van der Waals surface area contributed by atoms with Gasteiger partial charge in [0, 0.05) is 18.6 Å². The average molecular weight is 252 g/mol. The number of aromatic nitrogens is 1. The van der Waals surface area contributed by atoms with Crippen molar-refractivity contribution >= 4 is 5.69 Å². The fraction of sp³-hybridized carbons (Fsp3) is 0.188. The molecule has 0 saturated heterocycles. The summed E-state index contributed by atoms with van der Waals surface area (Å²) in [6, 6.07) is 13.9. The van der Waals surface area contributed by atoms with Gasteiger partial charge in [-0.15, -0.1) is 6.58 Å². The highest BCUT2D eigenvalue weighted by atomic mass is 15.1. The number of benzene rings is 1. The molecule has 0 amide bonds. The van der Waals surface area contributed by atoms with E-state index in [4.69, 9.17) is 0 Å². The SMILES string of the molecule is C=CCC[n+]1ccc(CN=Nc2ccccc2)cc1. The smallest absolute Gasteiger partial charge is 0.169 e. The molecule has 0 bridgehead atoms. The average Bonchev–Trinajstić information content (AvgIpc) is 2.47. The molecule has 1 aromatic carbocycles. The van der Waals surface area contributed by atoms with Gasteiger partial charge in [0.1, 0.15) is 0 Å². The molecule has 96 valence electrons. The van der Waals surface area contributed by atoms with Crippen molar-refractivity contribution in [3.05, 3.63) is 73.1 Å². The largest absolute Gasteiger partial charge is 0.205 e. The molecular formula is C16H18N3+. The molecule has 19 heavy (non-hydrogen) atoms. The van der Waals surface area contributed by atoms with Gasteiger partial charge >= 0.3 is 0 Å². The van der Waals surface area contributed by atoms with Gasteiger partial charge in [-0.1, -0.05) is 24.3 Å². The highest BCUT2D eigenvalue weighted by Gasteiger charge is 1.98. The predicted molar refractivity (Wildman–Crippen MR) is 76.1 cm³/mol. The first-order valence-electron chi connectivity index (χ1n) is 6.40. The van der Waals surface area contributed by atoms with Gasteiger partial charge in [-0.25, -0.2) is 4.57 Å². The Labute approximate surface area is 114 Å². The Bertz CT molecular complexity index is 530. The third kappa shape index (κ3) is 4.47. The van der Waals surface area contributed by atoms with E-state index in [0.717, 1.165) is 24.2 Å². The first-order chi connectivity index (χ1) is 9.38. The van der Waals surface area contributed by atoms with Crippen LogP contribution in [0.5, 0.6) is 0 Å². The Hall–Kier alpha value is -2.29. The van der Waals surface area contributed by atoms with Crippen LogP contribution in [0.25, 0.3) is 0 Å². The molecule has 3 heteroatoms.